The smallest absolute Gasteiger partial charge is 0.326 e. The predicted molar refractivity (Wildman–Crippen MR) is 69.8 cm³/mol. The second-order valence-electron chi connectivity index (χ2n) is 4.00. The van der Waals surface area contributed by atoms with E-state index < -0.39 is 22.7 Å². The lowest BCUT2D eigenvalue weighted by Crippen LogP contribution is -2.38. The van der Waals surface area contributed by atoms with Gasteiger partial charge in [0.1, 0.15) is 6.54 Å². The molecule has 2 N–H and O–H groups in total. The van der Waals surface area contributed by atoms with Crippen molar-refractivity contribution in [3.8, 4) is 0 Å². The minimum Gasteiger partial charge on any atom is -0.326 e. The first-order chi connectivity index (χ1) is 9.11. The van der Waals surface area contributed by atoms with Crippen LogP contribution in [0, 0.1) is 0 Å². The Balaban J connectivity index is 3.17. The van der Waals surface area contributed by atoms with Gasteiger partial charge in [0.25, 0.3) is 0 Å². The molecule has 0 radical (unpaired) electrons. The summed E-state index contributed by atoms with van der Waals surface area (Å²) < 4.78 is 61.8. The van der Waals surface area contributed by atoms with E-state index in [1.54, 1.807) is 0 Å². The summed E-state index contributed by atoms with van der Waals surface area (Å²) in [5.41, 5.74) is 5.90. The molecular formula is C11H14ClF3N2O2S. The Morgan fingerprint density at radius 3 is 2.35 bits per heavy atom. The molecule has 0 atom stereocenters. The van der Waals surface area contributed by atoms with Crippen LogP contribution < -0.4 is 5.73 Å². The second-order valence-corrected chi connectivity index (χ2v) is 6.35. The maximum absolute atomic E-state index is 12.4. The highest BCUT2D eigenvalue weighted by atomic mass is 35.5. The van der Waals surface area contributed by atoms with Crippen LogP contribution in [0.4, 0.5) is 13.2 Å². The fourth-order valence-corrected chi connectivity index (χ4v) is 3.35. The van der Waals surface area contributed by atoms with E-state index >= 15 is 0 Å². The number of nitrogens with zero attached hydrogens (tertiary/aromatic N) is 1. The fourth-order valence-electron chi connectivity index (χ4n) is 1.57. The number of hydrogen-bond donors (Lipinski definition) is 1. The van der Waals surface area contributed by atoms with Gasteiger partial charge in [0, 0.05) is 18.1 Å². The molecule has 1 aromatic rings. The van der Waals surface area contributed by atoms with Gasteiger partial charge in [-0.1, -0.05) is 24.6 Å². The molecule has 4 nitrogen and oxygen atoms in total. The van der Waals surface area contributed by atoms with E-state index in [0.29, 0.717) is 9.87 Å². The number of nitrogens with two attached hydrogens (primary N) is 1. The quantitative estimate of drug-likeness (QED) is 0.901. The first kappa shape index (κ1) is 17.2. The van der Waals surface area contributed by atoms with Crippen molar-refractivity contribution in [2.45, 2.75) is 24.5 Å². The summed E-state index contributed by atoms with van der Waals surface area (Å²) in [5, 5.41) is 0.108. The molecule has 0 unspecified atom stereocenters. The van der Waals surface area contributed by atoms with E-state index in [9.17, 15) is 21.6 Å². The molecule has 0 saturated heterocycles. The average molecular weight is 331 g/mol. The van der Waals surface area contributed by atoms with Crippen LogP contribution in [-0.4, -0.2) is 32.0 Å². The lowest BCUT2D eigenvalue weighted by atomic mass is 10.2. The van der Waals surface area contributed by atoms with Crippen molar-refractivity contribution in [1.82, 2.24) is 4.31 Å². The first-order valence-corrected chi connectivity index (χ1v) is 7.49. The maximum atomic E-state index is 12.4. The van der Waals surface area contributed by atoms with E-state index in [1.807, 2.05) is 0 Å². The average Bonchev–Trinajstić information content (AvgIpc) is 2.34. The highest BCUT2D eigenvalue weighted by molar-refractivity contribution is 7.89. The number of alkyl halides is 3. The molecule has 0 bridgehead atoms. The third kappa shape index (κ3) is 4.08. The number of benzene rings is 1. The standard InChI is InChI=1S/C11H14ClF3N2O2S/c1-2-17(7-11(13,14)15)20(18,19)9-4-3-8(6-16)10(12)5-9/h3-5H,2,6-7,16H2,1H3. The zero-order valence-electron chi connectivity index (χ0n) is 10.6. The minimum absolute atomic E-state index is 0.108. The van der Waals surface area contributed by atoms with Crippen LogP contribution in [-0.2, 0) is 16.6 Å². The third-order valence-corrected chi connectivity index (χ3v) is 4.86. The molecule has 0 amide bonds. The number of rotatable bonds is 5. The SMILES string of the molecule is CCN(CC(F)(F)F)S(=O)(=O)c1ccc(CN)c(Cl)c1. The Morgan fingerprint density at radius 2 is 1.95 bits per heavy atom. The van der Waals surface area contributed by atoms with Crippen LogP contribution in [0.15, 0.2) is 23.1 Å². The fraction of sp³-hybridized carbons (Fsp3) is 0.455. The van der Waals surface area contributed by atoms with Gasteiger partial charge in [0.2, 0.25) is 10.0 Å². The summed E-state index contributed by atoms with van der Waals surface area (Å²) in [6, 6.07) is 3.69. The van der Waals surface area contributed by atoms with Crippen molar-refractivity contribution in [3.63, 3.8) is 0 Å². The van der Waals surface area contributed by atoms with Gasteiger partial charge in [-0.05, 0) is 17.7 Å². The number of hydrogen-bond acceptors (Lipinski definition) is 3. The van der Waals surface area contributed by atoms with Gasteiger partial charge in [-0.2, -0.15) is 17.5 Å². The van der Waals surface area contributed by atoms with E-state index in [4.69, 9.17) is 17.3 Å². The lowest BCUT2D eigenvalue weighted by Gasteiger charge is -2.22. The molecular weight excluding hydrogens is 317 g/mol. The summed E-state index contributed by atoms with van der Waals surface area (Å²) in [4.78, 5) is -0.286. The van der Waals surface area contributed by atoms with Gasteiger partial charge in [0.05, 0.1) is 4.90 Å². The van der Waals surface area contributed by atoms with Gasteiger partial charge in [0.15, 0.2) is 0 Å². The Morgan fingerprint density at radius 1 is 1.35 bits per heavy atom. The van der Waals surface area contributed by atoms with Crippen LogP contribution in [0.5, 0.6) is 0 Å². The highest BCUT2D eigenvalue weighted by Crippen LogP contribution is 2.25. The maximum Gasteiger partial charge on any atom is 0.402 e. The van der Waals surface area contributed by atoms with Gasteiger partial charge in [-0.25, -0.2) is 8.42 Å². The molecule has 0 fully saturated rings. The molecule has 114 valence electrons. The Labute approximate surface area is 120 Å². The lowest BCUT2D eigenvalue weighted by molar-refractivity contribution is -0.135. The van der Waals surface area contributed by atoms with E-state index in [2.05, 4.69) is 0 Å². The van der Waals surface area contributed by atoms with Gasteiger partial charge in [-0.3, -0.25) is 0 Å². The molecule has 0 spiro atoms. The van der Waals surface area contributed by atoms with Crippen LogP contribution in [0.25, 0.3) is 0 Å². The van der Waals surface area contributed by atoms with Crippen molar-refractivity contribution < 1.29 is 21.6 Å². The zero-order chi connectivity index (χ0) is 15.6. The molecule has 1 rings (SSSR count). The number of halogens is 4. The van der Waals surface area contributed by atoms with Crippen molar-refractivity contribution in [1.29, 1.82) is 0 Å². The summed E-state index contributed by atoms with van der Waals surface area (Å²) in [5.74, 6) is 0. The van der Waals surface area contributed by atoms with Gasteiger partial charge < -0.3 is 5.73 Å². The van der Waals surface area contributed by atoms with Crippen LogP contribution >= 0.6 is 11.6 Å². The molecule has 0 aromatic heterocycles. The highest BCUT2D eigenvalue weighted by Gasteiger charge is 2.36. The first-order valence-electron chi connectivity index (χ1n) is 5.67. The monoisotopic (exact) mass is 330 g/mol. The molecule has 0 saturated carbocycles. The normalized spacial score (nSPS) is 12.9. The third-order valence-electron chi connectivity index (χ3n) is 2.59. The van der Waals surface area contributed by atoms with Crippen molar-refractivity contribution in [2.24, 2.45) is 5.73 Å². The molecule has 20 heavy (non-hydrogen) atoms. The van der Waals surface area contributed by atoms with Crippen LogP contribution in [0.1, 0.15) is 12.5 Å². The molecule has 0 aliphatic heterocycles. The predicted octanol–water partition coefficient (Wildman–Crippen LogP) is 2.37. The van der Waals surface area contributed by atoms with Crippen molar-refractivity contribution in [2.75, 3.05) is 13.1 Å². The van der Waals surface area contributed by atoms with Crippen LogP contribution in [0.2, 0.25) is 5.02 Å². The summed E-state index contributed by atoms with van der Waals surface area (Å²) >= 11 is 5.83. The van der Waals surface area contributed by atoms with E-state index in [-0.39, 0.29) is 23.0 Å². The molecule has 0 heterocycles. The van der Waals surface area contributed by atoms with E-state index in [1.165, 1.54) is 19.1 Å². The minimum atomic E-state index is -4.61. The van der Waals surface area contributed by atoms with Crippen LogP contribution in [0.3, 0.4) is 0 Å². The Kier molecular flexibility index (Phi) is 5.42. The van der Waals surface area contributed by atoms with Crippen molar-refractivity contribution >= 4 is 21.6 Å². The van der Waals surface area contributed by atoms with Gasteiger partial charge in [-0.15, -0.1) is 0 Å². The summed E-state index contributed by atoms with van der Waals surface area (Å²) in [6.45, 7) is -0.390. The largest absolute Gasteiger partial charge is 0.402 e. The summed E-state index contributed by atoms with van der Waals surface area (Å²) in [6.07, 6.45) is -4.61. The summed E-state index contributed by atoms with van der Waals surface area (Å²) in [7, 11) is -4.24. The number of sulfonamides is 1. The Bertz CT molecular complexity index is 576. The molecule has 0 aliphatic carbocycles. The molecule has 9 heteroatoms. The molecule has 1 aromatic carbocycles. The molecule has 0 aliphatic rings. The second kappa shape index (κ2) is 6.30. The van der Waals surface area contributed by atoms with Gasteiger partial charge >= 0.3 is 6.18 Å². The Hall–Kier alpha value is -0.830. The topological polar surface area (TPSA) is 63.4 Å². The van der Waals surface area contributed by atoms with Crippen molar-refractivity contribution in [3.05, 3.63) is 28.8 Å². The van der Waals surface area contributed by atoms with E-state index in [0.717, 1.165) is 6.07 Å². The zero-order valence-corrected chi connectivity index (χ0v) is 12.2.